The van der Waals surface area contributed by atoms with Crippen LogP contribution >= 0.6 is 0 Å². The first kappa shape index (κ1) is 20.8. The molecule has 7 heteroatoms. The summed E-state index contributed by atoms with van der Waals surface area (Å²) in [7, 11) is 1.45. The summed E-state index contributed by atoms with van der Waals surface area (Å²) >= 11 is 0. The Hall–Kier alpha value is -3.45. The van der Waals surface area contributed by atoms with E-state index in [1.54, 1.807) is 24.4 Å². The zero-order chi connectivity index (χ0) is 21.8. The molecule has 1 aromatic heterocycles. The largest absolute Gasteiger partial charge is 0.494 e. The molecule has 160 valence electrons. The van der Waals surface area contributed by atoms with Crippen LogP contribution in [0, 0.1) is 5.82 Å². The molecule has 1 aliphatic rings. The standard InChI is InChI=1S/C24H24FN3O3/c1-31-22-14-16(5-6-20(22)25)13-17-7-9-26-23(15-17)28-11-8-18-19(3-2-4-21(18)28)24(30)27-10-12-29/h2-7,9,14-15,29H,8,10-13H2,1H3,(H,27,30). The number of aliphatic hydroxyl groups excluding tert-OH is 1. The Morgan fingerprint density at radius 3 is 2.87 bits per heavy atom. The maximum atomic E-state index is 13.7. The van der Waals surface area contributed by atoms with Crippen LogP contribution < -0.4 is 15.0 Å². The van der Waals surface area contributed by atoms with E-state index in [-0.39, 0.29) is 30.6 Å². The molecule has 0 fully saturated rings. The number of anilines is 2. The van der Waals surface area contributed by atoms with Gasteiger partial charge in [-0.2, -0.15) is 0 Å². The molecule has 4 rings (SSSR count). The molecule has 0 saturated heterocycles. The first-order chi connectivity index (χ1) is 15.1. The summed E-state index contributed by atoms with van der Waals surface area (Å²) in [6, 6.07) is 14.5. The molecule has 1 amide bonds. The maximum Gasteiger partial charge on any atom is 0.251 e. The molecule has 2 aromatic carbocycles. The van der Waals surface area contributed by atoms with Crippen molar-refractivity contribution in [3.8, 4) is 5.75 Å². The summed E-state index contributed by atoms with van der Waals surface area (Å²) in [6.07, 6.45) is 3.12. The van der Waals surface area contributed by atoms with Crippen LogP contribution in [0.3, 0.4) is 0 Å². The second kappa shape index (κ2) is 9.14. The van der Waals surface area contributed by atoms with E-state index in [4.69, 9.17) is 9.84 Å². The Kier molecular flexibility index (Phi) is 6.13. The zero-order valence-electron chi connectivity index (χ0n) is 17.3. The lowest BCUT2D eigenvalue weighted by Crippen LogP contribution is -2.27. The van der Waals surface area contributed by atoms with E-state index in [1.165, 1.54) is 13.2 Å². The smallest absolute Gasteiger partial charge is 0.251 e. The van der Waals surface area contributed by atoms with Crippen LogP contribution in [-0.2, 0) is 12.8 Å². The maximum absolute atomic E-state index is 13.7. The number of hydrogen-bond acceptors (Lipinski definition) is 5. The number of pyridine rings is 1. The highest BCUT2D eigenvalue weighted by atomic mass is 19.1. The lowest BCUT2D eigenvalue weighted by Gasteiger charge is -2.19. The number of fused-ring (bicyclic) bond motifs is 1. The van der Waals surface area contributed by atoms with Crippen molar-refractivity contribution in [2.45, 2.75) is 12.8 Å². The number of nitrogens with zero attached hydrogens (tertiary/aromatic N) is 2. The molecule has 1 aliphatic heterocycles. The third-order valence-corrected chi connectivity index (χ3v) is 5.38. The monoisotopic (exact) mass is 421 g/mol. The molecule has 0 aliphatic carbocycles. The number of aromatic nitrogens is 1. The van der Waals surface area contributed by atoms with E-state index in [2.05, 4.69) is 15.2 Å². The highest BCUT2D eigenvalue weighted by Crippen LogP contribution is 2.36. The predicted molar refractivity (Wildman–Crippen MR) is 117 cm³/mol. The molecule has 0 bridgehead atoms. The van der Waals surface area contributed by atoms with Gasteiger partial charge in [-0.25, -0.2) is 9.37 Å². The van der Waals surface area contributed by atoms with Crippen molar-refractivity contribution in [1.29, 1.82) is 0 Å². The molecule has 6 nitrogen and oxygen atoms in total. The Morgan fingerprint density at radius 1 is 1.23 bits per heavy atom. The van der Waals surface area contributed by atoms with Crippen molar-refractivity contribution in [2.75, 3.05) is 31.7 Å². The van der Waals surface area contributed by atoms with E-state index >= 15 is 0 Å². The van der Waals surface area contributed by atoms with Gasteiger partial charge in [0, 0.05) is 30.5 Å². The summed E-state index contributed by atoms with van der Waals surface area (Å²) in [4.78, 5) is 19.1. The van der Waals surface area contributed by atoms with Gasteiger partial charge in [-0.1, -0.05) is 12.1 Å². The summed E-state index contributed by atoms with van der Waals surface area (Å²) in [6.45, 7) is 0.855. The van der Waals surface area contributed by atoms with Crippen molar-refractivity contribution in [3.63, 3.8) is 0 Å². The number of aliphatic hydroxyl groups is 1. The number of halogens is 1. The molecule has 2 N–H and O–H groups in total. The molecule has 0 spiro atoms. The second-order valence-electron chi connectivity index (χ2n) is 7.35. The van der Waals surface area contributed by atoms with Gasteiger partial charge < -0.3 is 20.1 Å². The lowest BCUT2D eigenvalue weighted by atomic mass is 10.0. The van der Waals surface area contributed by atoms with Crippen molar-refractivity contribution in [1.82, 2.24) is 10.3 Å². The zero-order valence-corrected chi connectivity index (χ0v) is 17.3. The molecule has 0 unspecified atom stereocenters. The minimum absolute atomic E-state index is 0.0937. The second-order valence-corrected chi connectivity index (χ2v) is 7.35. The van der Waals surface area contributed by atoms with E-state index < -0.39 is 0 Å². The number of carbonyl (C=O) groups excluding carboxylic acids is 1. The predicted octanol–water partition coefficient (Wildman–Crippen LogP) is 3.24. The topological polar surface area (TPSA) is 74.7 Å². The van der Waals surface area contributed by atoms with Crippen LogP contribution in [0.25, 0.3) is 0 Å². The number of carbonyl (C=O) groups is 1. The van der Waals surface area contributed by atoms with Crippen LogP contribution in [0.4, 0.5) is 15.9 Å². The van der Waals surface area contributed by atoms with Crippen LogP contribution in [0.1, 0.15) is 27.0 Å². The van der Waals surface area contributed by atoms with E-state index in [1.807, 2.05) is 24.3 Å². The normalized spacial score (nSPS) is 12.5. The van der Waals surface area contributed by atoms with E-state index in [0.717, 1.165) is 41.2 Å². The number of hydrogen-bond donors (Lipinski definition) is 2. The highest BCUT2D eigenvalue weighted by molar-refractivity contribution is 5.98. The van der Waals surface area contributed by atoms with Crippen LogP contribution in [-0.4, -0.2) is 42.8 Å². The van der Waals surface area contributed by atoms with E-state index in [0.29, 0.717) is 12.0 Å². The average Bonchev–Trinajstić information content (AvgIpc) is 3.23. The number of methoxy groups -OCH3 is 1. The number of nitrogens with one attached hydrogen (secondary N) is 1. The molecule has 31 heavy (non-hydrogen) atoms. The molecular formula is C24H24FN3O3. The minimum Gasteiger partial charge on any atom is -0.494 e. The first-order valence-corrected chi connectivity index (χ1v) is 10.2. The third-order valence-electron chi connectivity index (χ3n) is 5.38. The minimum atomic E-state index is -0.380. The molecule has 2 heterocycles. The van der Waals surface area contributed by atoms with Gasteiger partial charge in [0.1, 0.15) is 5.82 Å². The van der Waals surface area contributed by atoms with Gasteiger partial charge in [-0.05, 0) is 65.9 Å². The Morgan fingerprint density at radius 2 is 2.06 bits per heavy atom. The lowest BCUT2D eigenvalue weighted by molar-refractivity contribution is 0.0944. The number of rotatable bonds is 7. The molecule has 0 atom stereocenters. The molecule has 0 saturated carbocycles. The van der Waals surface area contributed by atoms with Crippen LogP contribution in [0.15, 0.2) is 54.7 Å². The van der Waals surface area contributed by atoms with Crippen LogP contribution in [0.5, 0.6) is 5.75 Å². The summed E-state index contributed by atoms with van der Waals surface area (Å²) in [5.74, 6) is 0.472. The highest BCUT2D eigenvalue weighted by Gasteiger charge is 2.26. The fourth-order valence-electron chi connectivity index (χ4n) is 3.92. The Balaban J connectivity index is 1.58. The number of ether oxygens (including phenoxy) is 1. The van der Waals surface area contributed by atoms with Gasteiger partial charge in [0.15, 0.2) is 11.6 Å². The van der Waals surface area contributed by atoms with Crippen LogP contribution in [0.2, 0.25) is 0 Å². The Bertz CT molecular complexity index is 1100. The van der Waals surface area contributed by atoms with Crippen molar-refractivity contribution in [2.24, 2.45) is 0 Å². The van der Waals surface area contributed by atoms with Gasteiger partial charge in [-0.3, -0.25) is 4.79 Å². The van der Waals surface area contributed by atoms with Gasteiger partial charge in [0.25, 0.3) is 5.91 Å². The summed E-state index contributed by atoms with van der Waals surface area (Å²) < 4.78 is 18.8. The summed E-state index contributed by atoms with van der Waals surface area (Å²) in [5.41, 5.74) is 4.56. The molecule has 0 radical (unpaired) electrons. The fraction of sp³-hybridized carbons (Fsp3) is 0.250. The Labute approximate surface area is 180 Å². The quantitative estimate of drug-likeness (QED) is 0.613. The van der Waals surface area contributed by atoms with Crippen molar-refractivity contribution in [3.05, 3.63) is 82.8 Å². The van der Waals surface area contributed by atoms with Gasteiger partial charge in [0.2, 0.25) is 0 Å². The third kappa shape index (κ3) is 4.36. The van der Waals surface area contributed by atoms with Gasteiger partial charge >= 0.3 is 0 Å². The first-order valence-electron chi connectivity index (χ1n) is 10.2. The van der Waals surface area contributed by atoms with E-state index in [9.17, 15) is 9.18 Å². The number of amides is 1. The summed E-state index contributed by atoms with van der Waals surface area (Å²) in [5, 5.41) is 11.7. The number of benzene rings is 2. The van der Waals surface area contributed by atoms with Crippen molar-refractivity contribution < 1.29 is 19.0 Å². The van der Waals surface area contributed by atoms with Gasteiger partial charge in [0.05, 0.1) is 13.7 Å². The van der Waals surface area contributed by atoms with Crippen molar-refractivity contribution >= 4 is 17.4 Å². The molecule has 3 aromatic rings. The van der Waals surface area contributed by atoms with Gasteiger partial charge in [-0.15, -0.1) is 0 Å². The average molecular weight is 421 g/mol. The fourth-order valence-corrected chi connectivity index (χ4v) is 3.92. The molecular weight excluding hydrogens is 397 g/mol. The SMILES string of the molecule is COc1cc(Cc2ccnc(N3CCc4c(C(=O)NCCO)cccc43)c2)ccc1F.